The topological polar surface area (TPSA) is 168 Å². The van der Waals surface area contributed by atoms with Crippen LogP contribution < -0.4 is 10.6 Å². The number of allylic oxidation sites excluding steroid dienone is 1. The quantitative estimate of drug-likeness (QED) is 0.162. The fourth-order valence-electron chi connectivity index (χ4n) is 8.44. The minimum absolute atomic E-state index is 0.0474. The molecule has 15 heteroatoms. The molecule has 0 spiro atoms. The number of carbonyl (C=O) groups is 4. The molecular weight excluding hydrogens is 774 g/mol. The van der Waals surface area contributed by atoms with Crippen molar-refractivity contribution in [1.29, 1.82) is 0 Å². The predicted molar refractivity (Wildman–Crippen MR) is 227 cm³/mol. The van der Waals surface area contributed by atoms with Gasteiger partial charge in [0.15, 0.2) is 0 Å². The van der Waals surface area contributed by atoms with Gasteiger partial charge in [0.2, 0.25) is 11.8 Å². The highest BCUT2D eigenvalue weighted by Crippen LogP contribution is 2.39. The van der Waals surface area contributed by atoms with Gasteiger partial charge in [-0.2, -0.15) is 0 Å². The Hall–Kier alpha value is -5.21. The molecular formula is C44H56ClN7O7. The van der Waals surface area contributed by atoms with Crippen LogP contribution in [0.4, 0.5) is 9.59 Å². The highest BCUT2D eigenvalue weighted by Gasteiger charge is 2.43. The van der Waals surface area contributed by atoms with Gasteiger partial charge in [-0.05, 0) is 60.3 Å². The molecule has 0 unspecified atom stereocenters. The second kappa shape index (κ2) is 18.8. The molecule has 4 heterocycles. The molecule has 0 saturated carbocycles. The number of benzene rings is 2. The third kappa shape index (κ3) is 9.49. The number of nitrogens with one attached hydrogen (secondary N) is 3. The van der Waals surface area contributed by atoms with Crippen LogP contribution in [0.5, 0.6) is 0 Å². The second-order valence-electron chi connectivity index (χ2n) is 16.4. The number of rotatable bonds is 13. The lowest BCUT2D eigenvalue weighted by Crippen LogP contribution is -2.53. The lowest BCUT2D eigenvalue weighted by molar-refractivity contribution is -0.137. The maximum absolute atomic E-state index is 13.9. The van der Waals surface area contributed by atoms with Crippen LogP contribution in [0.3, 0.4) is 0 Å². The molecule has 3 aliphatic rings. The molecule has 2 fully saturated rings. The standard InChI is InChI=1S/C44H56ClN7O7/c1-24(2)36(48-43(55)58-7)41(53)51-22-27(23-57-6)19-35(51)33-20-32(21-46-33)30-12-10-28(11-13-30)29-14-16-31(17-15-29)38-39(45)50-40(47-38)34-18-9-26(5)52(34)42(54)37(25(3)4)49-44(56)59-8/h10-17,21,24-27,34-37H,9,18-20,22-23H2,1-8H3,(H,47,50)(H,48,55)(H,49,56)/t26-,27-,34-,35-,36-,37-/m0/s1. The van der Waals surface area contributed by atoms with E-state index in [1.807, 2.05) is 70.0 Å². The number of methoxy groups -OCH3 is 3. The first-order valence-electron chi connectivity index (χ1n) is 20.3. The minimum atomic E-state index is -0.742. The van der Waals surface area contributed by atoms with Gasteiger partial charge in [-0.1, -0.05) is 87.8 Å². The third-order valence-corrected chi connectivity index (χ3v) is 11.9. The number of imidazole rings is 1. The number of aromatic amines is 1. The van der Waals surface area contributed by atoms with Crippen molar-refractivity contribution in [2.24, 2.45) is 22.7 Å². The number of hydrogen-bond donors (Lipinski definition) is 3. The molecule has 4 amide bonds. The van der Waals surface area contributed by atoms with Crippen molar-refractivity contribution in [1.82, 2.24) is 30.4 Å². The van der Waals surface area contributed by atoms with E-state index >= 15 is 0 Å². The van der Waals surface area contributed by atoms with Gasteiger partial charge >= 0.3 is 12.2 Å². The van der Waals surface area contributed by atoms with E-state index in [1.54, 1.807) is 12.0 Å². The number of aromatic nitrogens is 2. The zero-order valence-electron chi connectivity index (χ0n) is 35.1. The summed E-state index contributed by atoms with van der Waals surface area (Å²) in [4.78, 5) is 68.5. The van der Waals surface area contributed by atoms with Crippen molar-refractivity contribution in [2.75, 3.05) is 34.5 Å². The smallest absolute Gasteiger partial charge is 0.407 e. The van der Waals surface area contributed by atoms with Crippen LogP contribution in [0.1, 0.15) is 77.7 Å². The zero-order valence-corrected chi connectivity index (χ0v) is 35.8. The number of nitrogens with zero attached hydrogens (tertiary/aromatic N) is 4. The first kappa shape index (κ1) is 43.4. The van der Waals surface area contributed by atoms with E-state index in [0.29, 0.717) is 42.7 Å². The molecule has 3 aliphatic heterocycles. The highest BCUT2D eigenvalue weighted by molar-refractivity contribution is 6.32. The Morgan fingerprint density at radius 3 is 1.93 bits per heavy atom. The number of alkyl carbamates (subject to hydrolysis) is 2. The van der Waals surface area contributed by atoms with Crippen LogP contribution in [-0.2, 0) is 23.8 Å². The van der Waals surface area contributed by atoms with Gasteiger partial charge in [0, 0.05) is 49.5 Å². The summed E-state index contributed by atoms with van der Waals surface area (Å²) in [5, 5.41) is 5.82. The van der Waals surface area contributed by atoms with E-state index in [-0.39, 0.29) is 47.7 Å². The summed E-state index contributed by atoms with van der Waals surface area (Å²) < 4.78 is 15.1. The first-order valence-corrected chi connectivity index (χ1v) is 20.6. The molecule has 59 heavy (non-hydrogen) atoms. The Kier molecular flexibility index (Phi) is 13.8. The predicted octanol–water partition coefficient (Wildman–Crippen LogP) is 7.26. The number of aliphatic imine (C=N–C) groups is 1. The van der Waals surface area contributed by atoms with Gasteiger partial charge in [-0.3, -0.25) is 14.6 Å². The number of likely N-dealkylation sites (tertiary alicyclic amines) is 2. The molecule has 3 aromatic rings. The maximum Gasteiger partial charge on any atom is 0.407 e. The maximum atomic E-state index is 13.9. The average molecular weight is 830 g/mol. The van der Waals surface area contributed by atoms with Gasteiger partial charge in [0.05, 0.1) is 32.9 Å². The first-order chi connectivity index (χ1) is 28.2. The van der Waals surface area contributed by atoms with Crippen molar-refractivity contribution in [3.05, 3.63) is 71.3 Å². The number of H-pyrrole nitrogens is 1. The Morgan fingerprint density at radius 2 is 1.37 bits per heavy atom. The van der Waals surface area contributed by atoms with Gasteiger partial charge in [0.25, 0.3) is 0 Å². The fourth-order valence-corrected chi connectivity index (χ4v) is 8.69. The van der Waals surface area contributed by atoms with E-state index in [2.05, 4.69) is 39.9 Å². The largest absolute Gasteiger partial charge is 0.453 e. The summed E-state index contributed by atoms with van der Waals surface area (Å²) in [6.45, 7) is 10.6. The van der Waals surface area contributed by atoms with Crippen LogP contribution in [0, 0.1) is 17.8 Å². The molecule has 6 atom stereocenters. The van der Waals surface area contributed by atoms with Crippen molar-refractivity contribution < 1.29 is 33.4 Å². The molecule has 316 valence electrons. The fraction of sp³-hybridized carbons (Fsp3) is 0.500. The van der Waals surface area contributed by atoms with Crippen molar-refractivity contribution in [3.8, 4) is 22.4 Å². The minimum Gasteiger partial charge on any atom is -0.453 e. The lowest BCUT2D eigenvalue weighted by atomic mass is 9.95. The molecule has 3 N–H and O–H groups in total. The Balaban J connectivity index is 1.12. The van der Waals surface area contributed by atoms with Crippen LogP contribution in [0.15, 0.2) is 59.7 Å². The summed E-state index contributed by atoms with van der Waals surface area (Å²) in [6.07, 6.45) is 3.45. The number of amides is 4. The SMILES string of the molecule is COC[C@H]1C[C@@H](C2=NC=C(c3ccc(-c4ccc(-c5nc([C@@H]6CC[C@H](C)N6C(=O)[C@@H](NC(=O)OC)C(C)C)[nH]c5Cl)cc4)cc3)C2)N(C(=O)[C@@H](NC(=O)OC)C(C)C)C1. The summed E-state index contributed by atoms with van der Waals surface area (Å²) in [5.41, 5.74) is 6.53. The van der Waals surface area contributed by atoms with E-state index in [0.717, 1.165) is 46.4 Å². The monoisotopic (exact) mass is 829 g/mol. The van der Waals surface area contributed by atoms with Crippen LogP contribution in [0.25, 0.3) is 28.0 Å². The van der Waals surface area contributed by atoms with Gasteiger partial charge in [-0.25, -0.2) is 14.6 Å². The lowest BCUT2D eigenvalue weighted by Gasteiger charge is -2.32. The number of halogens is 1. The average Bonchev–Trinajstić information content (AvgIpc) is 4.04. The molecule has 2 aromatic carbocycles. The van der Waals surface area contributed by atoms with Crippen LogP contribution >= 0.6 is 11.6 Å². The van der Waals surface area contributed by atoms with E-state index < -0.39 is 24.3 Å². The summed E-state index contributed by atoms with van der Waals surface area (Å²) in [6, 6.07) is 14.3. The van der Waals surface area contributed by atoms with Gasteiger partial charge in [-0.15, -0.1) is 0 Å². The second-order valence-corrected chi connectivity index (χ2v) is 16.7. The van der Waals surface area contributed by atoms with Crippen LogP contribution in [-0.4, -0.2) is 108 Å². The summed E-state index contributed by atoms with van der Waals surface area (Å²) in [5.74, 6) is 0.147. The van der Waals surface area contributed by atoms with Gasteiger partial charge < -0.3 is 39.6 Å². The number of carbonyl (C=O) groups excluding carboxylic acids is 4. The third-order valence-electron chi connectivity index (χ3n) is 11.7. The van der Waals surface area contributed by atoms with Crippen molar-refractivity contribution in [2.45, 2.75) is 90.5 Å². The summed E-state index contributed by atoms with van der Waals surface area (Å²) in [7, 11) is 4.24. The van der Waals surface area contributed by atoms with Crippen molar-refractivity contribution in [3.63, 3.8) is 0 Å². The zero-order chi connectivity index (χ0) is 42.5. The molecule has 0 bridgehead atoms. The molecule has 2 saturated heterocycles. The molecule has 14 nitrogen and oxygen atoms in total. The van der Waals surface area contributed by atoms with E-state index in [1.165, 1.54) is 14.2 Å². The molecule has 0 radical (unpaired) electrons. The highest BCUT2D eigenvalue weighted by atomic mass is 35.5. The number of hydrogen-bond acceptors (Lipinski definition) is 9. The van der Waals surface area contributed by atoms with E-state index in [4.69, 9.17) is 35.8 Å². The molecule has 1 aromatic heterocycles. The Bertz CT molecular complexity index is 2060. The Labute approximate surface area is 351 Å². The number of ether oxygens (including phenoxy) is 3. The van der Waals surface area contributed by atoms with E-state index in [9.17, 15) is 19.2 Å². The normalized spacial score (nSPS) is 21.3. The van der Waals surface area contributed by atoms with Crippen LogP contribution in [0.2, 0.25) is 5.15 Å². The molecule has 0 aliphatic carbocycles. The van der Waals surface area contributed by atoms with Crippen molar-refractivity contribution >= 4 is 46.9 Å². The Morgan fingerprint density at radius 1 is 0.814 bits per heavy atom. The summed E-state index contributed by atoms with van der Waals surface area (Å²) >= 11 is 6.75. The van der Waals surface area contributed by atoms with Gasteiger partial charge in [0.1, 0.15) is 28.8 Å². The molecule has 6 rings (SSSR count).